The number of para-hydroxylation sites is 1. The number of phenolic OH excluding ortho intramolecular Hbond substituents is 2. The number of rotatable bonds is 0. The number of benzene rings is 2. The number of fused-ring (bicyclic) bond motifs is 4. The lowest BCUT2D eigenvalue weighted by atomic mass is 9.98. The molecular formula is C18H14O5. The van der Waals surface area contributed by atoms with Gasteiger partial charge in [0.05, 0.1) is 10.8 Å². The monoisotopic (exact) mass is 310 g/mol. The second-order valence-corrected chi connectivity index (χ2v) is 6.14. The summed E-state index contributed by atoms with van der Waals surface area (Å²) in [5.41, 5.74) is -0.0636. The highest BCUT2D eigenvalue weighted by molar-refractivity contribution is 5.99. The number of hydrogen-bond acceptors (Lipinski definition) is 5. The third-order valence-electron chi connectivity index (χ3n) is 3.96. The molecule has 0 radical (unpaired) electrons. The molecular weight excluding hydrogens is 296 g/mol. The highest BCUT2D eigenvalue weighted by atomic mass is 16.5. The van der Waals surface area contributed by atoms with Gasteiger partial charge in [-0.1, -0.05) is 12.1 Å². The van der Waals surface area contributed by atoms with Gasteiger partial charge in [-0.3, -0.25) is 4.79 Å². The molecule has 0 bridgehead atoms. The molecule has 5 nitrogen and oxygen atoms in total. The van der Waals surface area contributed by atoms with E-state index in [1.807, 2.05) is 19.9 Å². The van der Waals surface area contributed by atoms with Crippen LogP contribution in [0.15, 0.2) is 39.6 Å². The Bertz CT molecular complexity index is 1060. The van der Waals surface area contributed by atoms with Crippen LogP contribution in [0.4, 0.5) is 0 Å². The van der Waals surface area contributed by atoms with Crippen LogP contribution in [0.1, 0.15) is 19.4 Å². The largest absolute Gasteiger partial charge is 0.504 e. The summed E-state index contributed by atoms with van der Waals surface area (Å²) >= 11 is 0. The first-order valence-electron chi connectivity index (χ1n) is 7.20. The van der Waals surface area contributed by atoms with Gasteiger partial charge in [0, 0.05) is 11.6 Å². The summed E-state index contributed by atoms with van der Waals surface area (Å²) in [5.74, 6) is 0.0336. The Balaban J connectivity index is 2.21. The maximum absolute atomic E-state index is 12.8. The van der Waals surface area contributed by atoms with Crippen molar-refractivity contribution < 1.29 is 19.4 Å². The van der Waals surface area contributed by atoms with Crippen molar-refractivity contribution in [2.24, 2.45) is 0 Å². The third-order valence-corrected chi connectivity index (χ3v) is 3.96. The van der Waals surface area contributed by atoms with Gasteiger partial charge < -0.3 is 19.4 Å². The minimum atomic E-state index is -0.576. The zero-order valence-corrected chi connectivity index (χ0v) is 12.6. The molecule has 1 aromatic heterocycles. The quantitative estimate of drug-likeness (QED) is 0.621. The third kappa shape index (κ3) is 1.90. The lowest BCUT2D eigenvalue weighted by Gasteiger charge is -2.28. The molecule has 2 N–H and O–H groups in total. The summed E-state index contributed by atoms with van der Waals surface area (Å²) in [7, 11) is 0. The van der Waals surface area contributed by atoms with Crippen LogP contribution in [0.25, 0.3) is 28.0 Å². The Morgan fingerprint density at radius 1 is 1.13 bits per heavy atom. The Morgan fingerprint density at radius 2 is 1.91 bits per heavy atom. The van der Waals surface area contributed by atoms with Gasteiger partial charge >= 0.3 is 0 Å². The number of aromatic hydroxyl groups is 2. The van der Waals surface area contributed by atoms with Crippen molar-refractivity contribution in [3.63, 3.8) is 0 Å². The molecule has 1 aliphatic rings. The smallest absolute Gasteiger partial charge is 0.201 e. The zero-order chi connectivity index (χ0) is 16.4. The molecule has 0 spiro atoms. The standard InChI is InChI=1S/C18H14O5/c1-18(2)7-6-9-14-13(8-12(20)17(9)23-18)22-16-10(15(14)21)4-3-5-11(16)19/h3-8,19-20H,1-2H3. The Morgan fingerprint density at radius 3 is 2.70 bits per heavy atom. The fourth-order valence-electron chi connectivity index (χ4n) is 2.86. The Hall–Kier alpha value is -2.95. The number of phenols is 2. The summed E-state index contributed by atoms with van der Waals surface area (Å²) < 4.78 is 11.4. The maximum Gasteiger partial charge on any atom is 0.201 e. The topological polar surface area (TPSA) is 79.9 Å². The predicted molar refractivity (Wildman–Crippen MR) is 87.1 cm³/mol. The Kier molecular flexibility index (Phi) is 2.55. The molecule has 0 unspecified atom stereocenters. The summed E-state index contributed by atoms with van der Waals surface area (Å²) in [5, 5.41) is 20.7. The van der Waals surface area contributed by atoms with Crippen LogP contribution in [0, 0.1) is 0 Å². The summed E-state index contributed by atoms with van der Waals surface area (Å²) in [6, 6.07) is 5.97. The molecule has 5 heteroatoms. The summed E-state index contributed by atoms with van der Waals surface area (Å²) in [6.45, 7) is 3.72. The lowest BCUT2D eigenvalue weighted by Crippen LogP contribution is -2.28. The first kappa shape index (κ1) is 13.7. The van der Waals surface area contributed by atoms with Crippen molar-refractivity contribution in [3.8, 4) is 17.2 Å². The number of hydrogen-bond donors (Lipinski definition) is 2. The van der Waals surface area contributed by atoms with Crippen molar-refractivity contribution in [1.29, 1.82) is 0 Å². The molecule has 0 fully saturated rings. The normalized spacial score (nSPS) is 15.6. The van der Waals surface area contributed by atoms with E-state index in [9.17, 15) is 15.0 Å². The average molecular weight is 310 g/mol. The molecule has 0 atom stereocenters. The van der Waals surface area contributed by atoms with Crippen molar-refractivity contribution in [2.75, 3.05) is 0 Å². The second-order valence-electron chi connectivity index (χ2n) is 6.14. The van der Waals surface area contributed by atoms with E-state index in [4.69, 9.17) is 9.15 Å². The highest BCUT2D eigenvalue weighted by Crippen LogP contribution is 2.42. The Labute approximate surface area is 131 Å². The van der Waals surface area contributed by atoms with E-state index in [1.54, 1.807) is 18.2 Å². The summed E-state index contributed by atoms with van der Waals surface area (Å²) in [6.07, 6.45) is 3.58. The van der Waals surface area contributed by atoms with Gasteiger partial charge in [-0.05, 0) is 32.1 Å². The minimum absolute atomic E-state index is 0.102. The van der Waals surface area contributed by atoms with Gasteiger partial charge in [0.1, 0.15) is 11.2 Å². The van der Waals surface area contributed by atoms with Crippen LogP contribution < -0.4 is 10.2 Å². The van der Waals surface area contributed by atoms with Crippen molar-refractivity contribution in [2.45, 2.75) is 19.4 Å². The molecule has 2 aromatic carbocycles. The molecule has 0 amide bonds. The first-order chi connectivity index (χ1) is 10.9. The zero-order valence-electron chi connectivity index (χ0n) is 12.6. The second kappa shape index (κ2) is 4.29. The molecule has 4 rings (SSSR count). The SMILES string of the molecule is CC1(C)C=Cc2c(c(O)cc3oc4c(O)cccc4c(=O)c23)O1. The highest BCUT2D eigenvalue weighted by Gasteiger charge is 2.27. The molecule has 3 aromatic rings. The summed E-state index contributed by atoms with van der Waals surface area (Å²) in [4.78, 5) is 12.8. The first-order valence-corrected chi connectivity index (χ1v) is 7.20. The van der Waals surface area contributed by atoms with Crippen molar-refractivity contribution in [3.05, 3.63) is 46.1 Å². The maximum atomic E-state index is 12.8. The van der Waals surface area contributed by atoms with Crippen LogP contribution in [0.5, 0.6) is 17.2 Å². The molecule has 0 saturated carbocycles. The fraction of sp³-hybridized carbons (Fsp3) is 0.167. The number of ether oxygens (including phenoxy) is 1. The lowest BCUT2D eigenvalue weighted by molar-refractivity contribution is 0.153. The fourth-order valence-corrected chi connectivity index (χ4v) is 2.86. The average Bonchev–Trinajstić information content (AvgIpc) is 2.48. The van der Waals surface area contributed by atoms with Crippen LogP contribution in [0.2, 0.25) is 0 Å². The van der Waals surface area contributed by atoms with Crippen LogP contribution in [0.3, 0.4) is 0 Å². The van der Waals surface area contributed by atoms with Gasteiger partial charge in [-0.25, -0.2) is 0 Å². The van der Waals surface area contributed by atoms with Crippen molar-refractivity contribution >= 4 is 28.0 Å². The van der Waals surface area contributed by atoms with Crippen LogP contribution in [-0.4, -0.2) is 15.8 Å². The van der Waals surface area contributed by atoms with Gasteiger partial charge in [-0.2, -0.15) is 0 Å². The molecule has 0 aliphatic carbocycles. The van der Waals surface area contributed by atoms with E-state index in [0.29, 0.717) is 10.9 Å². The predicted octanol–water partition coefficient (Wildman–Crippen LogP) is 3.54. The van der Waals surface area contributed by atoms with E-state index < -0.39 is 5.60 Å². The van der Waals surface area contributed by atoms with Gasteiger partial charge in [-0.15, -0.1) is 0 Å². The van der Waals surface area contributed by atoms with E-state index >= 15 is 0 Å². The van der Waals surface area contributed by atoms with E-state index in [2.05, 4.69) is 0 Å². The molecule has 0 saturated heterocycles. The molecule has 116 valence electrons. The minimum Gasteiger partial charge on any atom is -0.504 e. The molecule has 2 heterocycles. The molecule has 1 aliphatic heterocycles. The van der Waals surface area contributed by atoms with Crippen LogP contribution in [-0.2, 0) is 0 Å². The molecule has 23 heavy (non-hydrogen) atoms. The van der Waals surface area contributed by atoms with Crippen LogP contribution >= 0.6 is 0 Å². The van der Waals surface area contributed by atoms with E-state index in [-0.39, 0.29) is 39.2 Å². The van der Waals surface area contributed by atoms with Crippen molar-refractivity contribution in [1.82, 2.24) is 0 Å². The van der Waals surface area contributed by atoms with Gasteiger partial charge in [0.15, 0.2) is 22.8 Å². The van der Waals surface area contributed by atoms with E-state index in [0.717, 1.165) is 0 Å². The van der Waals surface area contributed by atoms with Gasteiger partial charge in [0.2, 0.25) is 5.43 Å². The van der Waals surface area contributed by atoms with E-state index in [1.165, 1.54) is 12.1 Å². The van der Waals surface area contributed by atoms with Gasteiger partial charge in [0.25, 0.3) is 0 Å².